The second-order valence-electron chi connectivity index (χ2n) is 4.64. The Balaban J connectivity index is 2.13. The van der Waals surface area contributed by atoms with Crippen molar-refractivity contribution < 1.29 is 4.39 Å². The number of rotatable bonds is 2. The maximum Gasteiger partial charge on any atom is 0.220 e. The highest BCUT2D eigenvalue weighted by Crippen LogP contribution is 2.41. The number of benzene rings is 1. The van der Waals surface area contributed by atoms with Crippen molar-refractivity contribution in [3.63, 3.8) is 0 Å². The van der Waals surface area contributed by atoms with Gasteiger partial charge in [0.25, 0.3) is 0 Å². The SMILES string of the molecule is Nc1ncc(F)c(-c2ccccc2C2CCC2)n1. The summed E-state index contributed by atoms with van der Waals surface area (Å²) in [5, 5.41) is 0. The summed E-state index contributed by atoms with van der Waals surface area (Å²) < 4.78 is 13.8. The molecule has 1 aromatic heterocycles. The maximum absolute atomic E-state index is 13.8. The predicted octanol–water partition coefficient (Wildman–Crippen LogP) is 3.13. The van der Waals surface area contributed by atoms with E-state index in [1.54, 1.807) is 0 Å². The highest BCUT2D eigenvalue weighted by molar-refractivity contribution is 5.65. The van der Waals surface area contributed by atoms with E-state index in [4.69, 9.17) is 5.73 Å². The molecule has 0 atom stereocenters. The van der Waals surface area contributed by atoms with E-state index in [1.165, 1.54) is 24.8 Å². The van der Waals surface area contributed by atoms with Crippen molar-refractivity contribution in [1.82, 2.24) is 9.97 Å². The minimum absolute atomic E-state index is 0.106. The Morgan fingerprint density at radius 3 is 2.72 bits per heavy atom. The number of nitrogens with zero attached hydrogens (tertiary/aromatic N) is 2. The monoisotopic (exact) mass is 243 g/mol. The summed E-state index contributed by atoms with van der Waals surface area (Å²) in [6.45, 7) is 0. The van der Waals surface area contributed by atoms with Crippen LogP contribution in [0.15, 0.2) is 30.5 Å². The van der Waals surface area contributed by atoms with Crippen LogP contribution in [0.5, 0.6) is 0 Å². The van der Waals surface area contributed by atoms with Gasteiger partial charge in [0.05, 0.1) is 6.20 Å². The lowest BCUT2D eigenvalue weighted by molar-refractivity contribution is 0.420. The molecule has 1 fully saturated rings. The Kier molecular flexibility index (Phi) is 2.70. The number of hydrogen-bond acceptors (Lipinski definition) is 3. The molecule has 92 valence electrons. The maximum atomic E-state index is 13.8. The van der Waals surface area contributed by atoms with Gasteiger partial charge in [-0.2, -0.15) is 0 Å². The molecular weight excluding hydrogens is 229 g/mol. The molecular formula is C14H14FN3. The molecule has 1 aliphatic carbocycles. The number of hydrogen-bond donors (Lipinski definition) is 1. The fourth-order valence-corrected chi connectivity index (χ4v) is 2.36. The number of nitrogens with two attached hydrogens (primary N) is 1. The Bertz CT molecular complexity index is 579. The van der Waals surface area contributed by atoms with E-state index in [9.17, 15) is 4.39 Å². The summed E-state index contributed by atoms with van der Waals surface area (Å²) in [5.74, 6) is 0.211. The fourth-order valence-electron chi connectivity index (χ4n) is 2.36. The number of halogens is 1. The van der Waals surface area contributed by atoms with Crippen LogP contribution in [0.1, 0.15) is 30.7 Å². The summed E-state index contributed by atoms with van der Waals surface area (Å²) in [6.07, 6.45) is 4.71. The molecule has 0 amide bonds. The van der Waals surface area contributed by atoms with E-state index in [-0.39, 0.29) is 5.95 Å². The molecule has 1 saturated carbocycles. The second-order valence-corrected chi connectivity index (χ2v) is 4.64. The van der Waals surface area contributed by atoms with Crippen molar-refractivity contribution in [3.8, 4) is 11.3 Å². The second kappa shape index (κ2) is 4.37. The van der Waals surface area contributed by atoms with Crippen molar-refractivity contribution in [3.05, 3.63) is 41.8 Å². The van der Waals surface area contributed by atoms with E-state index in [1.807, 2.05) is 18.2 Å². The average molecular weight is 243 g/mol. The third-order valence-electron chi connectivity index (χ3n) is 3.52. The van der Waals surface area contributed by atoms with Gasteiger partial charge in [0.15, 0.2) is 5.82 Å². The van der Waals surface area contributed by atoms with Gasteiger partial charge >= 0.3 is 0 Å². The van der Waals surface area contributed by atoms with Crippen LogP contribution in [-0.2, 0) is 0 Å². The molecule has 3 rings (SSSR count). The van der Waals surface area contributed by atoms with E-state index in [0.717, 1.165) is 11.8 Å². The van der Waals surface area contributed by atoms with Crippen LogP contribution in [0.4, 0.5) is 10.3 Å². The normalized spacial score (nSPS) is 15.4. The molecule has 1 aromatic carbocycles. The van der Waals surface area contributed by atoms with Gasteiger partial charge in [0, 0.05) is 5.56 Å². The quantitative estimate of drug-likeness (QED) is 0.881. The van der Waals surface area contributed by atoms with E-state index in [0.29, 0.717) is 11.6 Å². The van der Waals surface area contributed by atoms with Crippen LogP contribution in [0, 0.1) is 5.82 Å². The van der Waals surface area contributed by atoms with Crippen LogP contribution in [0.2, 0.25) is 0 Å². The van der Waals surface area contributed by atoms with Gasteiger partial charge in [0.2, 0.25) is 5.95 Å². The minimum atomic E-state index is -0.420. The molecule has 0 aliphatic heterocycles. The first-order chi connectivity index (χ1) is 8.75. The first-order valence-corrected chi connectivity index (χ1v) is 6.13. The van der Waals surface area contributed by atoms with Crippen LogP contribution in [0.3, 0.4) is 0 Å². The van der Waals surface area contributed by atoms with Crippen LogP contribution in [0.25, 0.3) is 11.3 Å². The predicted molar refractivity (Wildman–Crippen MR) is 68.4 cm³/mol. The first kappa shape index (κ1) is 11.1. The third-order valence-corrected chi connectivity index (χ3v) is 3.52. The summed E-state index contributed by atoms with van der Waals surface area (Å²) in [6, 6.07) is 7.84. The molecule has 0 saturated heterocycles. The Morgan fingerprint density at radius 1 is 1.22 bits per heavy atom. The lowest BCUT2D eigenvalue weighted by atomic mass is 9.78. The van der Waals surface area contributed by atoms with Crippen LogP contribution < -0.4 is 5.73 Å². The topological polar surface area (TPSA) is 51.8 Å². The van der Waals surface area contributed by atoms with E-state index < -0.39 is 5.82 Å². The van der Waals surface area contributed by atoms with Crippen LogP contribution >= 0.6 is 0 Å². The van der Waals surface area contributed by atoms with Gasteiger partial charge in [-0.25, -0.2) is 14.4 Å². The van der Waals surface area contributed by atoms with Crippen molar-refractivity contribution in [2.75, 3.05) is 5.73 Å². The Morgan fingerprint density at radius 2 is 2.00 bits per heavy atom. The molecule has 0 unspecified atom stereocenters. The fraction of sp³-hybridized carbons (Fsp3) is 0.286. The third kappa shape index (κ3) is 1.83. The van der Waals surface area contributed by atoms with Gasteiger partial charge in [-0.05, 0) is 24.3 Å². The number of nitrogen functional groups attached to an aromatic ring is 1. The molecule has 0 radical (unpaired) electrons. The Hall–Kier alpha value is -1.97. The standard InChI is InChI=1S/C14H14FN3/c15-12-8-17-14(16)18-13(12)11-7-2-1-6-10(11)9-4-3-5-9/h1-2,6-9H,3-5H2,(H2,16,17,18). The van der Waals surface area contributed by atoms with Gasteiger partial charge in [0.1, 0.15) is 5.69 Å². The van der Waals surface area contributed by atoms with E-state index in [2.05, 4.69) is 16.0 Å². The molecule has 1 heterocycles. The number of anilines is 1. The molecule has 4 heteroatoms. The van der Waals surface area contributed by atoms with Gasteiger partial charge in [-0.1, -0.05) is 30.7 Å². The summed E-state index contributed by atoms with van der Waals surface area (Å²) in [5.41, 5.74) is 7.87. The molecule has 2 N–H and O–H groups in total. The smallest absolute Gasteiger partial charge is 0.220 e. The minimum Gasteiger partial charge on any atom is -0.368 e. The zero-order chi connectivity index (χ0) is 12.5. The lowest BCUT2D eigenvalue weighted by Crippen LogP contribution is -2.11. The molecule has 0 bridgehead atoms. The highest BCUT2D eigenvalue weighted by Gasteiger charge is 2.23. The van der Waals surface area contributed by atoms with Crippen molar-refractivity contribution in [1.29, 1.82) is 0 Å². The average Bonchev–Trinajstić information content (AvgIpc) is 2.31. The van der Waals surface area contributed by atoms with Gasteiger partial charge in [-0.15, -0.1) is 0 Å². The number of aromatic nitrogens is 2. The largest absolute Gasteiger partial charge is 0.368 e. The van der Waals surface area contributed by atoms with Crippen LogP contribution in [-0.4, -0.2) is 9.97 Å². The Labute approximate surface area is 105 Å². The molecule has 3 nitrogen and oxygen atoms in total. The zero-order valence-corrected chi connectivity index (χ0v) is 9.94. The van der Waals surface area contributed by atoms with Crippen molar-refractivity contribution in [2.24, 2.45) is 0 Å². The zero-order valence-electron chi connectivity index (χ0n) is 9.94. The molecule has 2 aromatic rings. The summed E-state index contributed by atoms with van der Waals surface area (Å²) in [7, 11) is 0. The molecule has 0 spiro atoms. The van der Waals surface area contributed by atoms with E-state index >= 15 is 0 Å². The van der Waals surface area contributed by atoms with Gasteiger partial charge < -0.3 is 5.73 Å². The molecule has 18 heavy (non-hydrogen) atoms. The molecule has 1 aliphatic rings. The summed E-state index contributed by atoms with van der Waals surface area (Å²) >= 11 is 0. The summed E-state index contributed by atoms with van der Waals surface area (Å²) in [4.78, 5) is 7.70. The van der Waals surface area contributed by atoms with Crippen molar-refractivity contribution >= 4 is 5.95 Å². The highest BCUT2D eigenvalue weighted by atomic mass is 19.1. The van der Waals surface area contributed by atoms with Gasteiger partial charge in [-0.3, -0.25) is 0 Å². The lowest BCUT2D eigenvalue weighted by Gasteiger charge is -2.27. The van der Waals surface area contributed by atoms with Crippen molar-refractivity contribution in [2.45, 2.75) is 25.2 Å². The first-order valence-electron chi connectivity index (χ1n) is 6.13.